The number of amides is 1. The first-order valence-corrected chi connectivity index (χ1v) is 8.26. The van der Waals surface area contributed by atoms with Crippen LogP contribution in [-0.2, 0) is 20.8 Å². The fraction of sp³-hybridized carbons (Fsp3) is 0.500. The highest BCUT2D eigenvalue weighted by atomic mass is 16.2. The van der Waals surface area contributed by atoms with Crippen LogP contribution in [0.25, 0.3) is 0 Å². The molecule has 1 rings (SSSR count). The third-order valence-corrected chi connectivity index (χ3v) is 3.81. The lowest BCUT2D eigenvalue weighted by molar-refractivity contribution is -0.129. The Morgan fingerprint density at radius 3 is 2.29 bits per heavy atom. The summed E-state index contributed by atoms with van der Waals surface area (Å²) in [6, 6.07) is 6.95. The number of Topliss-reactive ketones (excluding diaryl/α,β-unsaturated/α-hetero) is 2. The van der Waals surface area contributed by atoms with Gasteiger partial charge in [-0.3, -0.25) is 14.4 Å². The number of carbonyl (C=O) groups is 3. The summed E-state index contributed by atoms with van der Waals surface area (Å²) < 4.78 is 0. The summed E-state index contributed by atoms with van der Waals surface area (Å²) in [6.07, 6.45) is 1.46. The number of nitrogens with two attached hydrogens (primary N) is 2. The number of hydrogen-bond donors (Lipinski definition) is 3. The number of rotatable bonds is 10. The van der Waals surface area contributed by atoms with Crippen LogP contribution in [0.4, 0.5) is 0 Å². The van der Waals surface area contributed by atoms with E-state index in [0.29, 0.717) is 6.42 Å². The summed E-state index contributed by atoms with van der Waals surface area (Å²) in [5.41, 5.74) is 12.4. The summed E-state index contributed by atoms with van der Waals surface area (Å²) >= 11 is 0. The summed E-state index contributed by atoms with van der Waals surface area (Å²) in [6.45, 7) is 3.50. The number of ketones is 2. The van der Waals surface area contributed by atoms with Crippen molar-refractivity contribution in [2.24, 2.45) is 11.5 Å². The quantitative estimate of drug-likeness (QED) is 0.583. The van der Waals surface area contributed by atoms with Gasteiger partial charge in [0.1, 0.15) is 0 Å². The molecule has 132 valence electrons. The molecule has 24 heavy (non-hydrogen) atoms. The van der Waals surface area contributed by atoms with E-state index in [1.54, 1.807) is 6.92 Å². The maximum absolute atomic E-state index is 12.2. The molecule has 0 radical (unpaired) electrons. The van der Waals surface area contributed by atoms with Gasteiger partial charge >= 0.3 is 0 Å². The summed E-state index contributed by atoms with van der Waals surface area (Å²) in [5.74, 6) is -0.850. The van der Waals surface area contributed by atoms with Crippen molar-refractivity contribution in [2.45, 2.75) is 57.7 Å². The molecule has 1 aromatic carbocycles. The smallest absolute Gasteiger partial charge is 0.224 e. The second kappa shape index (κ2) is 9.95. The third kappa shape index (κ3) is 6.60. The zero-order valence-corrected chi connectivity index (χ0v) is 14.3. The molecular formula is C18H27N3O3. The van der Waals surface area contributed by atoms with Crippen LogP contribution in [0.5, 0.6) is 0 Å². The summed E-state index contributed by atoms with van der Waals surface area (Å²) in [7, 11) is 0. The fourth-order valence-corrected chi connectivity index (χ4v) is 2.41. The lowest BCUT2D eigenvalue weighted by Gasteiger charge is -2.18. The number of carbonyl (C=O) groups excluding carboxylic acids is 3. The minimum absolute atomic E-state index is 0.0983. The van der Waals surface area contributed by atoms with Gasteiger partial charge in [-0.05, 0) is 18.9 Å². The van der Waals surface area contributed by atoms with Crippen molar-refractivity contribution >= 4 is 17.5 Å². The summed E-state index contributed by atoms with van der Waals surface area (Å²) in [5, 5.41) is 2.63. The van der Waals surface area contributed by atoms with E-state index in [2.05, 4.69) is 5.32 Å². The molecule has 6 heteroatoms. The molecule has 5 N–H and O–H groups in total. The van der Waals surface area contributed by atoms with Gasteiger partial charge in [-0.2, -0.15) is 0 Å². The molecule has 2 unspecified atom stereocenters. The average molecular weight is 333 g/mol. The maximum atomic E-state index is 12.2. The van der Waals surface area contributed by atoms with Crippen molar-refractivity contribution < 1.29 is 14.4 Å². The van der Waals surface area contributed by atoms with Crippen LogP contribution >= 0.6 is 0 Å². The molecule has 0 aliphatic carbocycles. The van der Waals surface area contributed by atoms with Gasteiger partial charge in [-0.1, -0.05) is 43.7 Å². The van der Waals surface area contributed by atoms with E-state index in [4.69, 9.17) is 11.5 Å². The maximum Gasteiger partial charge on any atom is 0.224 e. The highest BCUT2D eigenvalue weighted by molar-refractivity contribution is 5.96. The zero-order valence-electron chi connectivity index (χ0n) is 14.3. The molecule has 0 spiro atoms. The normalized spacial score (nSPS) is 14.5. The van der Waals surface area contributed by atoms with E-state index < -0.39 is 18.1 Å². The van der Waals surface area contributed by atoms with Crippen molar-refractivity contribution in [1.82, 2.24) is 5.32 Å². The topological polar surface area (TPSA) is 115 Å². The van der Waals surface area contributed by atoms with Crippen molar-refractivity contribution in [2.75, 3.05) is 0 Å². The molecule has 0 aromatic heterocycles. The van der Waals surface area contributed by atoms with E-state index in [0.717, 1.165) is 12.0 Å². The molecule has 3 atom stereocenters. The molecule has 0 fully saturated rings. The molecule has 1 aromatic rings. The van der Waals surface area contributed by atoms with Crippen LogP contribution in [0.1, 0.15) is 38.7 Å². The standard InChI is InChI=1S/C18H27N3O3/c1-3-7-14(19)16(22)11-15(20)18(24)12(2)21-17(23)10-13-8-5-4-6-9-13/h4-6,8-9,12,14-15H,3,7,10-11,19-20H2,1-2H3,(H,21,23)/t12-,14?,15?/m1/s1. The van der Waals surface area contributed by atoms with Gasteiger partial charge < -0.3 is 16.8 Å². The lowest BCUT2D eigenvalue weighted by atomic mass is 9.97. The van der Waals surface area contributed by atoms with Gasteiger partial charge in [0.25, 0.3) is 0 Å². The third-order valence-electron chi connectivity index (χ3n) is 3.81. The van der Waals surface area contributed by atoms with Gasteiger partial charge in [-0.25, -0.2) is 0 Å². The molecule has 1 amide bonds. The van der Waals surface area contributed by atoms with Gasteiger partial charge in [-0.15, -0.1) is 0 Å². The Bertz CT molecular complexity index is 560. The van der Waals surface area contributed by atoms with Crippen LogP contribution in [0.2, 0.25) is 0 Å². The number of hydrogen-bond acceptors (Lipinski definition) is 5. The van der Waals surface area contributed by atoms with E-state index in [9.17, 15) is 14.4 Å². The van der Waals surface area contributed by atoms with Crippen LogP contribution in [0.3, 0.4) is 0 Å². The SMILES string of the molecule is CCCC(N)C(=O)CC(N)C(=O)[C@@H](C)NC(=O)Cc1ccccc1. The van der Waals surface area contributed by atoms with Crippen LogP contribution in [0, 0.1) is 0 Å². The Kier molecular flexibility index (Phi) is 8.29. The molecule has 0 heterocycles. The van der Waals surface area contributed by atoms with E-state index in [1.807, 2.05) is 37.3 Å². The molecule has 0 aliphatic rings. The highest BCUT2D eigenvalue weighted by Gasteiger charge is 2.25. The predicted octanol–water partition coefficient (Wildman–Crippen LogP) is 0.717. The zero-order chi connectivity index (χ0) is 18.1. The second-order valence-corrected chi connectivity index (χ2v) is 6.03. The average Bonchev–Trinajstić information content (AvgIpc) is 2.54. The van der Waals surface area contributed by atoms with Gasteiger partial charge in [0.15, 0.2) is 11.6 Å². The number of nitrogens with one attached hydrogen (secondary N) is 1. The first kappa shape index (κ1) is 20.0. The second-order valence-electron chi connectivity index (χ2n) is 6.03. The lowest BCUT2D eigenvalue weighted by Crippen LogP contribution is -2.48. The molecule has 0 aliphatic heterocycles. The summed E-state index contributed by atoms with van der Waals surface area (Å²) in [4.78, 5) is 36.1. The predicted molar refractivity (Wildman–Crippen MR) is 93.2 cm³/mol. The Morgan fingerprint density at radius 2 is 1.71 bits per heavy atom. The van der Waals surface area contributed by atoms with Gasteiger partial charge in [0.05, 0.1) is 24.5 Å². The first-order valence-electron chi connectivity index (χ1n) is 8.26. The Balaban J connectivity index is 2.48. The van der Waals surface area contributed by atoms with Crippen molar-refractivity contribution in [3.8, 4) is 0 Å². The monoisotopic (exact) mass is 333 g/mol. The molecule has 0 saturated carbocycles. The Morgan fingerprint density at radius 1 is 1.08 bits per heavy atom. The van der Waals surface area contributed by atoms with E-state index in [1.165, 1.54) is 0 Å². The van der Waals surface area contributed by atoms with Crippen LogP contribution in [0.15, 0.2) is 30.3 Å². The van der Waals surface area contributed by atoms with E-state index >= 15 is 0 Å². The van der Waals surface area contributed by atoms with Crippen LogP contribution in [-0.4, -0.2) is 35.6 Å². The Hall–Kier alpha value is -2.05. The molecule has 0 bridgehead atoms. The minimum atomic E-state index is -0.951. The molecule has 0 saturated heterocycles. The van der Waals surface area contributed by atoms with Gasteiger partial charge in [0, 0.05) is 6.42 Å². The van der Waals surface area contributed by atoms with Gasteiger partial charge in [0.2, 0.25) is 5.91 Å². The van der Waals surface area contributed by atoms with E-state index in [-0.39, 0.29) is 30.3 Å². The Labute approximate surface area is 143 Å². The van der Waals surface area contributed by atoms with Crippen molar-refractivity contribution in [1.29, 1.82) is 0 Å². The largest absolute Gasteiger partial charge is 0.346 e. The molecular weight excluding hydrogens is 306 g/mol. The first-order chi connectivity index (χ1) is 11.3. The highest BCUT2D eigenvalue weighted by Crippen LogP contribution is 2.04. The minimum Gasteiger partial charge on any atom is -0.346 e. The fourth-order valence-electron chi connectivity index (χ4n) is 2.41. The molecule has 6 nitrogen and oxygen atoms in total. The number of benzene rings is 1. The van der Waals surface area contributed by atoms with Crippen molar-refractivity contribution in [3.63, 3.8) is 0 Å². The van der Waals surface area contributed by atoms with Crippen LogP contribution < -0.4 is 16.8 Å². The van der Waals surface area contributed by atoms with Crippen molar-refractivity contribution in [3.05, 3.63) is 35.9 Å².